The summed E-state index contributed by atoms with van der Waals surface area (Å²) in [5.41, 5.74) is 23.9. The molecule has 9 aromatic carbocycles. The zero-order valence-corrected chi connectivity index (χ0v) is 33.7. The number of anilines is 3. The molecular weight excluding hydrogens is 723 g/mol. The van der Waals surface area contributed by atoms with Gasteiger partial charge in [-0.05, 0) is 125 Å². The van der Waals surface area contributed by atoms with Gasteiger partial charge in [0.1, 0.15) is 0 Å². The first-order valence-corrected chi connectivity index (χ1v) is 21.3. The number of para-hydroxylation sites is 1. The number of nitrogens with zero attached hydrogens (tertiary/aromatic N) is 1. The Labute approximate surface area is 351 Å². The van der Waals surface area contributed by atoms with Gasteiger partial charge < -0.3 is 4.90 Å². The van der Waals surface area contributed by atoms with Gasteiger partial charge in [-0.2, -0.15) is 0 Å². The lowest BCUT2D eigenvalue weighted by Crippen LogP contribution is -2.40. The lowest BCUT2D eigenvalue weighted by molar-refractivity contribution is 0.563. The topological polar surface area (TPSA) is 3.24 Å². The molecule has 0 bridgehead atoms. The molecular formula is C59H41N. The largest absolute Gasteiger partial charge is 0.310 e. The minimum atomic E-state index is -0.473. The van der Waals surface area contributed by atoms with E-state index in [9.17, 15) is 0 Å². The van der Waals surface area contributed by atoms with Crippen LogP contribution in [0.3, 0.4) is 0 Å². The van der Waals surface area contributed by atoms with Gasteiger partial charge in [0, 0.05) is 22.5 Å². The number of fused-ring (bicyclic) bond motifs is 19. The molecule has 0 radical (unpaired) electrons. The normalized spacial score (nSPS) is 15.6. The van der Waals surface area contributed by atoms with Crippen LogP contribution in [0.4, 0.5) is 17.1 Å². The fraction of sp³-hybridized carbons (Fsp3) is 0.0847. The Morgan fingerprint density at radius 3 is 1.12 bits per heavy atom. The smallest absolute Gasteiger partial charge is 0.0725 e. The maximum atomic E-state index is 2.51. The van der Waals surface area contributed by atoms with Crippen LogP contribution in [-0.4, -0.2) is 0 Å². The van der Waals surface area contributed by atoms with Crippen molar-refractivity contribution in [2.75, 3.05) is 4.90 Å². The third-order valence-electron chi connectivity index (χ3n) is 14.5. The SMILES string of the molecule is CC1(C)c2ccccc2C2(c3ccccc3-c3ccc(N(c4ccccc4)c4ccc5c(c4)-c4ccccc4C54c5ccccc5-c5ccccc54)cc32)c2ccccc21. The molecule has 0 fully saturated rings. The molecule has 1 nitrogen and oxygen atoms in total. The zero-order chi connectivity index (χ0) is 39.8. The molecule has 282 valence electrons. The fourth-order valence-corrected chi connectivity index (χ4v) is 12.2. The molecule has 0 aliphatic heterocycles. The van der Waals surface area contributed by atoms with Crippen LogP contribution < -0.4 is 4.90 Å². The number of hydrogen-bond acceptors (Lipinski definition) is 1. The van der Waals surface area contributed by atoms with Gasteiger partial charge in [-0.1, -0.05) is 190 Å². The van der Waals surface area contributed by atoms with Gasteiger partial charge >= 0.3 is 0 Å². The summed E-state index contributed by atoms with van der Waals surface area (Å²) in [5, 5.41) is 0. The molecule has 4 aliphatic carbocycles. The second-order valence-electron chi connectivity index (χ2n) is 17.5. The molecule has 0 saturated heterocycles. The number of hydrogen-bond donors (Lipinski definition) is 0. The van der Waals surface area contributed by atoms with Crippen LogP contribution in [0.1, 0.15) is 69.5 Å². The quantitative estimate of drug-likeness (QED) is 0.173. The van der Waals surface area contributed by atoms with E-state index in [0.717, 1.165) is 17.1 Å². The van der Waals surface area contributed by atoms with Gasteiger partial charge in [0.15, 0.2) is 0 Å². The van der Waals surface area contributed by atoms with Gasteiger partial charge in [-0.3, -0.25) is 0 Å². The zero-order valence-electron chi connectivity index (χ0n) is 33.7. The van der Waals surface area contributed by atoms with E-state index in [1.54, 1.807) is 0 Å². The van der Waals surface area contributed by atoms with Crippen molar-refractivity contribution in [2.45, 2.75) is 30.1 Å². The first-order chi connectivity index (χ1) is 29.5. The van der Waals surface area contributed by atoms with Crippen molar-refractivity contribution >= 4 is 17.1 Å². The van der Waals surface area contributed by atoms with E-state index in [1.807, 2.05) is 0 Å². The molecule has 2 spiro atoms. The van der Waals surface area contributed by atoms with Crippen LogP contribution in [-0.2, 0) is 16.2 Å². The summed E-state index contributed by atoms with van der Waals surface area (Å²) in [4.78, 5) is 2.48. The van der Waals surface area contributed by atoms with E-state index >= 15 is 0 Å². The molecule has 0 heterocycles. The maximum absolute atomic E-state index is 2.51. The summed E-state index contributed by atoms with van der Waals surface area (Å²) in [7, 11) is 0. The third-order valence-corrected chi connectivity index (χ3v) is 14.5. The standard InChI is InChI=1S/C59H41N/c1-57(2)52-28-14-16-30-54(52)59(55-31-17-15-29-53(55)57)49-26-12-8-22-43(49)45-34-32-40(37-56(45)59)60(38-18-4-3-5-19-38)39-33-35-51-46(36-39)44-23-9-13-27-50(44)58(51)47-24-10-6-20-41(47)42-21-7-11-25-48(42)58/h3-37H,1-2H3. The highest BCUT2D eigenvalue weighted by Gasteiger charge is 2.54. The summed E-state index contributed by atoms with van der Waals surface area (Å²) < 4.78 is 0. The molecule has 0 aromatic heterocycles. The van der Waals surface area contributed by atoms with Crippen LogP contribution in [0.15, 0.2) is 212 Å². The predicted octanol–water partition coefficient (Wildman–Crippen LogP) is 14.5. The van der Waals surface area contributed by atoms with Gasteiger partial charge in [0.05, 0.1) is 10.8 Å². The Hall–Kier alpha value is -7.22. The van der Waals surface area contributed by atoms with Gasteiger partial charge in [-0.15, -0.1) is 0 Å². The molecule has 0 saturated carbocycles. The summed E-state index contributed by atoms with van der Waals surface area (Å²) in [5.74, 6) is 0. The van der Waals surface area contributed by atoms with Crippen molar-refractivity contribution < 1.29 is 0 Å². The highest BCUT2D eigenvalue weighted by molar-refractivity contribution is 5.97. The number of benzene rings is 9. The molecule has 9 aromatic rings. The van der Waals surface area contributed by atoms with Gasteiger partial charge in [-0.25, -0.2) is 0 Å². The molecule has 1 heteroatoms. The first kappa shape index (κ1) is 33.7. The van der Waals surface area contributed by atoms with Crippen molar-refractivity contribution in [1.29, 1.82) is 0 Å². The molecule has 0 atom stereocenters. The molecule has 0 N–H and O–H groups in total. The second-order valence-corrected chi connectivity index (χ2v) is 17.5. The lowest BCUT2D eigenvalue weighted by atomic mass is 9.55. The van der Waals surface area contributed by atoms with Gasteiger partial charge in [0.25, 0.3) is 0 Å². The van der Waals surface area contributed by atoms with E-state index in [-0.39, 0.29) is 10.8 Å². The Kier molecular flexibility index (Phi) is 6.71. The summed E-state index contributed by atoms with van der Waals surface area (Å²) in [6, 6.07) is 80.2. The summed E-state index contributed by atoms with van der Waals surface area (Å²) >= 11 is 0. The average Bonchev–Trinajstić information content (AvgIpc) is 3.89. The van der Waals surface area contributed by atoms with E-state index in [2.05, 4.69) is 231 Å². The second kappa shape index (κ2) is 11.9. The van der Waals surface area contributed by atoms with Crippen molar-refractivity contribution in [3.63, 3.8) is 0 Å². The van der Waals surface area contributed by atoms with Crippen LogP contribution in [0.25, 0.3) is 33.4 Å². The maximum Gasteiger partial charge on any atom is 0.0725 e. The average molecular weight is 764 g/mol. The monoisotopic (exact) mass is 763 g/mol. The van der Waals surface area contributed by atoms with Crippen LogP contribution in [0.2, 0.25) is 0 Å². The molecule has 13 rings (SSSR count). The van der Waals surface area contributed by atoms with Crippen molar-refractivity contribution in [3.05, 3.63) is 268 Å². The van der Waals surface area contributed by atoms with E-state index < -0.39 is 5.41 Å². The predicted molar refractivity (Wildman–Crippen MR) is 247 cm³/mol. The highest BCUT2D eigenvalue weighted by Crippen LogP contribution is 2.65. The van der Waals surface area contributed by atoms with Crippen molar-refractivity contribution in [3.8, 4) is 33.4 Å². The molecule has 0 amide bonds. The van der Waals surface area contributed by atoms with Crippen molar-refractivity contribution in [1.82, 2.24) is 0 Å². The Morgan fingerprint density at radius 2 is 0.600 bits per heavy atom. The minimum absolute atomic E-state index is 0.151. The Morgan fingerprint density at radius 1 is 0.250 bits per heavy atom. The first-order valence-electron chi connectivity index (χ1n) is 21.3. The van der Waals surface area contributed by atoms with Crippen LogP contribution >= 0.6 is 0 Å². The van der Waals surface area contributed by atoms with Crippen LogP contribution in [0.5, 0.6) is 0 Å². The molecule has 4 aliphatic rings. The Balaban J connectivity index is 1.07. The fourth-order valence-electron chi connectivity index (χ4n) is 12.2. The Bertz CT molecular complexity index is 3160. The van der Waals surface area contributed by atoms with E-state index in [1.165, 1.54) is 89.0 Å². The van der Waals surface area contributed by atoms with Crippen molar-refractivity contribution in [2.24, 2.45) is 0 Å². The van der Waals surface area contributed by atoms with Gasteiger partial charge in [0.2, 0.25) is 0 Å². The summed E-state index contributed by atoms with van der Waals surface area (Å²) in [6.07, 6.45) is 0. The number of rotatable bonds is 3. The molecule has 0 unspecified atom stereocenters. The minimum Gasteiger partial charge on any atom is -0.310 e. The van der Waals surface area contributed by atoms with E-state index in [4.69, 9.17) is 0 Å². The lowest BCUT2D eigenvalue weighted by Gasteiger charge is -2.46. The van der Waals surface area contributed by atoms with E-state index in [0.29, 0.717) is 0 Å². The van der Waals surface area contributed by atoms with Crippen LogP contribution in [0, 0.1) is 0 Å². The molecule has 60 heavy (non-hydrogen) atoms. The highest BCUT2D eigenvalue weighted by atomic mass is 15.1. The third kappa shape index (κ3) is 4.03. The summed E-state index contributed by atoms with van der Waals surface area (Å²) in [6.45, 7) is 4.79.